The Morgan fingerprint density at radius 3 is 2.48 bits per heavy atom. The summed E-state index contributed by atoms with van der Waals surface area (Å²) in [7, 11) is 0. The van der Waals surface area contributed by atoms with Crippen LogP contribution in [0.15, 0.2) is 11.6 Å². The van der Waals surface area contributed by atoms with E-state index in [1.54, 1.807) is 5.57 Å². The van der Waals surface area contributed by atoms with Crippen molar-refractivity contribution in [2.75, 3.05) is 0 Å². The van der Waals surface area contributed by atoms with E-state index in [0.717, 1.165) is 42.9 Å². The second kappa shape index (κ2) is 7.66. The normalized spacial score (nSPS) is 47.9. The molecular formula is C27H46O2. The molecule has 3 saturated carbocycles. The molecule has 0 aromatic heterocycles. The molecule has 4 aliphatic carbocycles. The monoisotopic (exact) mass is 402 g/mol. The van der Waals surface area contributed by atoms with Gasteiger partial charge in [0.1, 0.15) is 0 Å². The van der Waals surface area contributed by atoms with Gasteiger partial charge in [-0.1, -0.05) is 65.5 Å². The molecule has 0 saturated heterocycles. The molecule has 4 rings (SSSR count). The van der Waals surface area contributed by atoms with E-state index in [0.29, 0.717) is 17.8 Å². The van der Waals surface area contributed by atoms with Crippen molar-refractivity contribution in [3.8, 4) is 0 Å². The quantitative estimate of drug-likeness (QED) is 0.515. The van der Waals surface area contributed by atoms with E-state index in [9.17, 15) is 10.2 Å². The molecule has 0 unspecified atom stereocenters. The molecule has 166 valence electrons. The lowest BCUT2D eigenvalue weighted by molar-refractivity contribution is -0.168. The van der Waals surface area contributed by atoms with Crippen LogP contribution < -0.4 is 0 Å². The Labute approximate surface area is 179 Å². The molecule has 0 aromatic rings. The molecule has 0 radical (unpaired) electrons. The molecule has 2 heteroatoms. The summed E-state index contributed by atoms with van der Waals surface area (Å²) < 4.78 is 0. The molecular weight excluding hydrogens is 356 g/mol. The molecule has 0 spiro atoms. The van der Waals surface area contributed by atoms with Gasteiger partial charge in [-0.2, -0.15) is 0 Å². The number of aliphatic hydroxyl groups excluding tert-OH is 1. The van der Waals surface area contributed by atoms with Gasteiger partial charge in [0.2, 0.25) is 0 Å². The summed E-state index contributed by atoms with van der Waals surface area (Å²) >= 11 is 0. The smallest absolute Gasteiger partial charge is 0.0765 e. The Morgan fingerprint density at radius 1 is 1.00 bits per heavy atom. The zero-order chi connectivity index (χ0) is 21.0. The van der Waals surface area contributed by atoms with Crippen LogP contribution in [0, 0.1) is 40.4 Å². The van der Waals surface area contributed by atoms with Gasteiger partial charge in [0.05, 0.1) is 11.7 Å². The number of rotatable bonds is 5. The molecule has 0 bridgehead atoms. The van der Waals surface area contributed by atoms with Crippen molar-refractivity contribution in [3.05, 3.63) is 11.6 Å². The van der Waals surface area contributed by atoms with Crippen LogP contribution in [-0.2, 0) is 0 Å². The second-order valence-corrected chi connectivity index (χ2v) is 12.4. The van der Waals surface area contributed by atoms with E-state index in [-0.39, 0.29) is 11.5 Å². The van der Waals surface area contributed by atoms with Gasteiger partial charge < -0.3 is 10.2 Å². The maximum atomic E-state index is 11.5. The van der Waals surface area contributed by atoms with Crippen molar-refractivity contribution in [3.63, 3.8) is 0 Å². The van der Waals surface area contributed by atoms with Crippen LogP contribution in [0.2, 0.25) is 0 Å². The fourth-order valence-corrected chi connectivity index (χ4v) is 8.52. The predicted octanol–water partition coefficient (Wildman–Crippen LogP) is 6.50. The molecule has 3 fully saturated rings. The Hall–Kier alpha value is -0.340. The zero-order valence-corrected chi connectivity index (χ0v) is 19.7. The Kier molecular flexibility index (Phi) is 5.78. The van der Waals surface area contributed by atoms with E-state index >= 15 is 0 Å². The van der Waals surface area contributed by atoms with E-state index in [4.69, 9.17) is 0 Å². The first-order valence-corrected chi connectivity index (χ1v) is 12.7. The van der Waals surface area contributed by atoms with Crippen molar-refractivity contribution < 1.29 is 10.2 Å². The summed E-state index contributed by atoms with van der Waals surface area (Å²) in [6, 6.07) is 0. The maximum Gasteiger partial charge on any atom is 0.0765 e. The van der Waals surface area contributed by atoms with Crippen LogP contribution in [0.25, 0.3) is 0 Å². The van der Waals surface area contributed by atoms with Crippen LogP contribution in [0.5, 0.6) is 0 Å². The van der Waals surface area contributed by atoms with Gasteiger partial charge in [-0.05, 0) is 80.0 Å². The highest BCUT2D eigenvalue weighted by atomic mass is 16.3. The highest BCUT2D eigenvalue weighted by Crippen LogP contribution is 2.67. The first-order valence-electron chi connectivity index (χ1n) is 12.7. The van der Waals surface area contributed by atoms with E-state index < -0.39 is 5.60 Å². The minimum absolute atomic E-state index is 0.0430. The van der Waals surface area contributed by atoms with Crippen molar-refractivity contribution in [2.45, 2.75) is 117 Å². The minimum atomic E-state index is -0.700. The standard InChI is InChI=1S/C27H46O2/c1-18(2)7-6-8-19(3)22-9-10-23-21-12-16-27(29)17-20(28)11-15-26(27,5)24(21)13-14-25(22,23)4/h12,18-20,22-24,28-29H,6-11,13-17H2,1-5H3/t19-,20+,22-,23+,24+,25-,26-,27-/m1/s1. The number of fused-ring (bicyclic) bond motifs is 5. The van der Waals surface area contributed by atoms with E-state index in [1.807, 2.05) is 0 Å². The lowest BCUT2D eigenvalue weighted by Crippen LogP contribution is -2.59. The third-order valence-electron chi connectivity index (χ3n) is 10.4. The first-order chi connectivity index (χ1) is 13.6. The second-order valence-electron chi connectivity index (χ2n) is 12.4. The van der Waals surface area contributed by atoms with Crippen LogP contribution in [0.4, 0.5) is 0 Å². The summed E-state index contributed by atoms with van der Waals surface area (Å²) in [5.41, 5.74) is 1.42. The van der Waals surface area contributed by atoms with Gasteiger partial charge >= 0.3 is 0 Å². The number of aliphatic hydroxyl groups is 2. The van der Waals surface area contributed by atoms with Crippen LogP contribution >= 0.6 is 0 Å². The van der Waals surface area contributed by atoms with Gasteiger partial charge in [0.25, 0.3) is 0 Å². The van der Waals surface area contributed by atoms with Gasteiger partial charge in [0, 0.05) is 11.8 Å². The average Bonchev–Trinajstić information content (AvgIpc) is 2.99. The predicted molar refractivity (Wildman–Crippen MR) is 121 cm³/mol. The summed E-state index contributed by atoms with van der Waals surface area (Å²) in [5, 5.41) is 21.8. The highest BCUT2D eigenvalue weighted by molar-refractivity contribution is 5.30. The lowest BCUT2D eigenvalue weighted by atomic mass is 9.46. The number of hydrogen-bond acceptors (Lipinski definition) is 2. The third-order valence-corrected chi connectivity index (χ3v) is 10.4. The third kappa shape index (κ3) is 3.45. The molecule has 8 atom stereocenters. The molecule has 29 heavy (non-hydrogen) atoms. The van der Waals surface area contributed by atoms with Crippen LogP contribution in [0.1, 0.15) is 105 Å². The molecule has 0 heterocycles. The largest absolute Gasteiger partial charge is 0.393 e. The van der Waals surface area contributed by atoms with Crippen molar-refractivity contribution in [1.82, 2.24) is 0 Å². The van der Waals surface area contributed by atoms with Crippen LogP contribution in [0.3, 0.4) is 0 Å². The Morgan fingerprint density at radius 2 is 1.76 bits per heavy atom. The van der Waals surface area contributed by atoms with Gasteiger partial charge in [0.15, 0.2) is 0 Å². The van der Waals surface area contributed by atoms with Crippen molar-refractivity contribution >= 4 is 0 Å². The molecule has 4 aliphatic rings. The Balaban J connectivity index is 1.53. The molecule has 0 aromatic carbocycles. The molecule has 0 amide bonds. The van der Waals surface area contributed by atoms with Crippen molar-refractivity contribution in [2.24, 2.45) is 40.4 Å². The highest BCUT2D eigenvalue weighted by Gasteiger charge is 2.62. The van der Waals surface area contributed by atoms with Gasteiger partial charge in [-0.3, -0.25) is 0 Å². The van der Waals surface area contributed by atoms with Crippen molar-refractivity contribution in [1.29, 1.82) is 0 Å². The number of hydrogen-bond donors (Lipinski definition) is 2. The molecule has 0 aliphatic heterocycles. The fourth-order valence-electron chi connectivity index (χ4n) is 8.52. The lowest BCUT2D eigenvalue weighted by Gasteiger charge is -2.61. The topological polar surface area (TPSA) is 40.5 Å². The first kappa shape index (κ1) is 21.9. The van der Waals surface area contributed by atoms with Gasteiger partial charge in [-0.25, -0.2) is 0 Å². The summed E-state index contributed by atoms with van der Waals surface area (Å²) in [6.45, 7) is 12.2. The summed E-state index contributed by atoms with van der Waals surface area (Å²) in [5.74, 6) is 3.78. The molecule has 2 nitrogen and oxygen atoms in total. The zero-order valence-electron chi connectivity index (χ0n) is 19.7. The van der Waals surface area contributed by atoms with Crippen LogP contribution in [-0.4, -0.2) is 21.9 Å². The summed E-state index contributed by atoms with van der Waals surface area (Å²) in [6.07, 6.45) is 14.8. The van der Waals surface area contributed by atoms with E-state index in [2.05, 4.69) is 40.7 Å². The molecule has 2 N–H and O–H groups in total. The fraction of sp³-hybridized carbons (Fsp3) is 0.926. The maximum absolute atomic E-state index is 11.5. The van der Waals surface area contributed by atoms with Gasteiger partial charge in [-0.15, -0.1) is 0 Å². The number of allylic oxidation sites excluding steroid dienone is 1. The Bertz CT molecular complexity index is 638. The SMILES string of the molecule is CC(C)CCC[C@@H](C)[C@H]1CC[C@H]2C3=CC[C@@]4(O)C[C@@H](O)CC[C@]4(C)[C@H]3CC[C@]12C. The summed E-state index contributed by atoms with van der Waals surface area (Å²) in [4.78, 5) is 0. The average molecular weight is 403 g/mol. The van der Waals surface area contributed by atoms with E-state index in [1.165, 1.54) is 44.9 Å². The minimum Gasteiger partial charge on any atom is -0.393 e.